The fourth-order valence-electron chi connectivity index (χ4n) is 4.24. The topological polar surface area (TPSA) is 12.9 Å². The zero-order valence-electron chi connectivity index (χ0n) is 12.2. The van der Waals surface area contributed by atoms with E-state index in [2.05, 4.69) is 48.3 Å². The van der Waals surface area contributed by atoms with E-state index in [0.717, 1.165) is 5.92 Å². The summed E-state index contributed by atoms with van der Waals surface area (Å²) < 4.78 is 0. The van der Waals surface area contributed by atoms with Gasteiger partial charge in [0.2, 0.25) is 0 Å². The molecule has 2 heteroatoms. The Morgan fingerprint density at radius 2 is 1.90 bits per heavy atom. The zero-order chi connectivity index (χ0) is 14.4. The zero-order valence-corrected chi connectivity index (χ0v) is 13.0. The number of hydrogen-bond donors (Lipinski definition) is 0. The van der Waals surface area contributed by atoms with E-state index in [1.54, 1.807) is 11.1 Å². The van der Waals surface area contributed by atoms with E-state index >= 15 is 0 Å². The maximum Gasteiger partial charge on any atom is 0.0438 e. The third-order valence-electron chi connectivity index (χ3n) is 5.47. The molecule has 0 N–H and O–H groups in total. The number of hydrogen-bond acceptors (Lipinski definition) is 1. The Balaban J connectivity index is 1.57. The molecule has 5 unspecified atom stereocenters. The van der Waals surface area contributed by atoms with Gasteiger partial charge in [0, 0.05) is 17.8 Å². The maximum absolute atomic E-state index is 6.88. The second kappa shape index (κ2) is 5.14. The van der Waals surface area contributed by atoms with Crippen LogP contribution in [0.5, 0.6) is 0 Å². The quantitative estimate of drug-likeness (QED) is 0.744. The fraction of sp³-hybridized carbons (Fsp3) is 0.421. The lowest BCUT2D eigenvalue weighted by Gasteiger charge is -2.18. The summed E-state index contributed by atoms with van der Waals surface area (Å²) in [5.74, 6) is 2.52. The first-order valence-corrected chi connectivity index (χ1v) is 8.33. The number of rotatable bonds is 3. The standard InChI is InChI=1S/C19H20ClN/c1-12(13-8-10-21-11-9-13)19(20)18-16-7-6-14-4-2-3-5-15(14)17(16)18/h2-5,8-12,16-19H,6-7H2,1H3. The molecule has 4 rings (SSSR count). The number of pyridine rings is 1. The highest BCUT2D eigenvalue weighted by molar-refractivity contribution is 6.21. The van der Waals surface area contributed by atoms with E-state index in [1.807, 2.05) is 12.4 Å². The minimum atomic E-state index is 0.216. The summed E-state index contributed by atoms with van der Waals surface area (Å²) in [6.45, 7) is 2.25. The summed E-state index contributed by atoms with van der Waals surface area (Å²) >= 11 is 6.88. The molecule has 2 aliphatic carbocycles. The van der Waals surface area contributed by atoms with E-state index in [-0.39, 0.29) is 5.38 Å². The largest absolute Gasteiger partial charge is 0.265 e. The average molecular weight is 298 g/mol. The van der Waals surface area contributed by atoms with Crippen molar-refractivity contribution in [1.29, 1.82) is 0 Å². The molecule has 0 bridgehead atoms. The molecule has 21 heavy (non-hydrogen) atoms. The van der Waals surface area contributed by atoms with E-state index < -0.39 is 0 Å². The average Bonchev–Trinajstić information content (AvgIpc) is 3.29. The minimum Gasteiger partial charge on any atom is -0.265 e. The minimum absolute atomic E-state index is 0.216. The molecule has 0 amide bonds. The van der Waals surface area contributed by atoms with Crippen LogP contribution in [0.25, 0.3) is 0 Å². The summed E-state index contributed by atoms with van der Waals surface area (Å²) in [5.41, 5.74) is 4.41. The number of fused-ring (bicyclic) bond motifs is 3. The highest BCUT2D eigenvalue weighted by atomic mass is 35.5. The van der Waals surface area contributed by atoms with E-state index in [4.69, 9.17) is 11.6 Å². The molecule has 0 saturated heterocycles. The van der Waals surface area contributed by atoms with Crippen LogP contribution in [0.2, 0.25) is 0 Å². The van der Waals surface area contributed by atoms with Crippen molar-refractivity contribution in [3.63, 3.8) is 0 Å². The van der Waals surface area contributed by atoms with E-state index in [1.165, 1.54) is 18.4 Å². The van der Waals surface area contributed by atoms with Crippen LogP contribution >= 0.6 is 11.6 Å². The Bertz CT molecular complexity index is 639. The Kier molecular flexibility index (Phi) is 3.26. The molecule has 1 nitrogen and oxygen atoms in total. The maximum atomic E-state index is 6.88. The van der Waals surface area contributed by atoms with Gasteiger partial charge < -0.3 is 0 Å². The third kappa shape index (κ3) is 2.19. The number of alkyl halides is 1. The second-order valence-corrected chi connectivity index (χ2v) is 7.02. The van der Waals surface area contributed by atoms with Crippen molar-refractivity contribution < 1.29 is 0 Å². The van der Waals surface area contributed by atoms with Crippen molar-refractivity contribution in [2.45, 2.75) is 37.0 Å². The number of aromatic nitrogens is 1. The van der Waals surface area contributed by atoms with Crippen molar-refractivity contribution in [1.82, 2.24) is 4.98 Å². The molecular weight excluding hydrogens is 278 g/mol. The summed E-state index contributed by atoms with van der Waals surface area (Å²) in [6.07, 6.45) is 6.26. The van der Waals surface area contributed by atoms with Gasteiger partial charge in [-0.05, 0) is 65.3 Å². The SMILES string of the molecule is CC(c1ccncc1)C(Cl)C1C2CCc3ccccc3C21. The summed E-state index contributed by atoms with van der Waals surface area (Å²) in [7, 11) is 0. The second-order valence-electron chi connectivity index (χ2n) is 6.52. The monoisotopic (exact) mass is 297 g/mol. The molecule has 0 radical (unpaired) electrons. The molecular formula is C19H20ClN. The number of aryl methyl sites for hydroxylation is 1. The molecule has 5 atom stereocenters. The highest BCUT2D eigenvalue weighted by Gasteiger charge is 2.56. The van der Waals surface area contributed by atoms with Gasteiger partial charge in [-0.2, -0.15) is 0 Å². The van der Waals surface area contributed by atoms with Crippen LogP contribution in [0.15, 0.2) is 48.8 Å². The first kappa shape index (κ1) is 13.3. The third-order valence-corrected chi connectivity index (χ3v) is 6.14. The van der Waals surface area contributed by atoms with Gasteiger partial charge in [0.1, 0.15) is 0 Å². The predicted octanol–water partition coefficient (Wildman–Crippen LogP) is 4.77. The van der Waals surface area contributed by atoms with Crippen LogP contribution in [0.1, 0.15) is 41.9 Å². The number of halogens is 1. The van der Waals surface area contributed by atoms with Gasteiger partial charge in [0.25, 0.3) is 0 Å². The molecule has 2 aliphatic rings. The van der Waals surface area contributed by atoms with Crippen molar-refractivity contribution in [3.8, 4) is 0 Å². The Hall–Kier alpha value is -1.34. The van der Waals surface area contributed by atoms with Crippen molar-refractivity contribution >= 4 is 11.6 Å². The lowest BCUT2D eigenvalue weighted by molar-refractivity contribution is 0.565. The lowest BCUT2D eigenvalue weighted by atomic mass is 9.92. The fourth-order valence-corrected chi connectivity index (χ4v) is 4.73. The van der Waals surface area contributed by atoms with Crippen LogP contribution in [0, 0.1) is 11.8 Å². The van der Waals surface area contributed by atoms with Gasteiger partial charge in [-0.3, -0.25) is 4.98 Å². The molecule has 1 aromatic carbocycles. The molecule has 1 heterocycles. The van der Waals surface area contributed by atoms with Crippen LogP contribution in [-0.2, 0) is 6.42 Å². The Labute approximate surface area is 131 Å². The summed E-state index contributed by atoms with van der Waals surface area (Å²) in [5, 5.41) is 0.216. The van der Waals surface area contributed by atoms with E-state index in [0.29, 0.717) is 17.8 Å². The van der Waals surface area contributed by atoms with Crippen molar-refractivity contribution in [3.05, 3.63) is 65.5 Å². The molecule has 1 fully saturated rings. The van der Waals surface area contributed by atoms with Crippen LogP contribution < -0.4 is 0 Å². The van der Waals surface area contributed by atoms with Gasteiger partial charge in [-0.1, -0.05) is 31.2 Å². The number of nitrogens with zero attached hydrogens (tertiary/aromatic N) is 1. The molecule has 0 spiro atoms. The van der Waals surface area contributed by atoms with Gasteiger partial charge in [-0.25, -0.2) is 0 Å². The van der Waals surface area contributed by atoms with Crippen LogP contribution in [0.3, 0.4) is 0 Å². The first-order chi connectivity index (χ1) is 10.3. The van der Waals surface area contributed by atoms with Gasteiger partial charge >= 0.3 is 0 Å². The van der Waals surface area contributed by atoms with E-state index in [9.17, 15) is 0 Å². The van der Waals surface area contributed by atoms with Crippen molar-refractivity contribution in [2.24, 2.45) is 11.8 Å². The van der Waals surface area contributed by atoms with Crippen molar-refractivity contribution in [2.75, 3.05) is 0 Å². The van der Waals surface area contributed by atoms with Crippen LogP contribution in [0.4, 0.5) is 0 Å². The molecule has 1 aromatic heterocycles. The van der Waals surface area contributed by atoms with Crippen LogP contribution in [-0.4, -0.2) is 10.4 Å². The molecule has 2 aromatic rings. The highest BCUT2D eigenvalue weighted by Crippen LogP contribution is 2.63. The molecule has 1 saturated carbocycles. The van der Waals surface area contributed by atoms with Gasteiger partial charge in [0.15, 0.2) is 0 Å². The summed E-state index contributed by atoms with van der Waals surface area (Å²) in [4.78, 5) is 4.11. The smallest absolute Gasteiger partial charge is 0.0438 e. The predicted molar refractivity (Wildman–Crippen MR) is 86.8 cm³/mol. The van der Waals surface area contributed by atoms with Gasteiger partial charge in [0.05, 0.1) is 0 Å². The molecule has 0 aliphatic heterocycles. The Morgan fingerprint density at radius 3 is 2.71 bits per heavy atom. The normalized spacial score (nSPS) is 29.1. The first-order valence-electron chi connectivity index (χ1n) is 7.89. The molecule has 108 valence electrons. The number of benzene rings is 1. The summed E-state index contributed by atoms with van der Waals surface area (Å²) in [6, 6.07) is 13.1. The lowest BCUT2D eigenvalue weighted by Crippen LogP contribution is -2.13. The Morgan fingerprint density at radius 1 is 1.14 bits per heavy atom. The van der Waals surface area contributed by atoms with Gasteiger partial charge in [-0.15, -0.1) is 11.6 Å².